The number of rotatable bonds is 0. The van der Waals surface area contributed by atoms with E-state index in [4.69, 9.17) is 0 Å². The van der Waals surface area contributed by atoms with E-state index in [1.165, 1.54) is 16.3 Å². The Labute approximate surface area is 116 Å². The van der Waals surface area contributed by atoms with Crippen LogP contribution in [0.15, 0.2) is 60.8 Å². The molecule has 2 heteroatoms. The van der Waals surface area contributed by atoms with Crippen molar-refractivity contribution in [3.05, 3.63) is 66.5 Å². The summed E-state index contributed by atoms with van der Waals surface area (Å²) in [7, 11) is 0. The molecule has 2 heterocycles. The third kappa shape index (κ3) is 1.42. The van der Waals surface area contributed by atoms with E-state index in [1.54, 1.807) is 6.07 Å². The fraction of sp³-hybridized carbons (Fsp3) is 0.0556. The van der Waals surface area contributed by atoms with Crippen LogP contribution in [0.2, 0.25) is 0 Å². The maximum absolute atomic E-state index is 10.1. The molecular formula is C18H14NO+. The van der Waals surface area contributed by atoms with Crippen molar-refractivity contribution in [3.63, 3.8) is 0 Å². The fourth-order valence-electron chi connectivity index (χ4n) is 3.02. The maximum atomic E-state index is 10.1. The van der Waals surface area contributed by atoms with Crippen LogP contribution in [0.25, 0.3) is 27.1 Å². The normalized spacial score (nSPS) is 11.4. The first-order chi connectivity index (χ1) is 9.75. The van der Waals surface area contributed by atoms with E-state index in [0.717, 1.165) is 16.5 Å². The second-order valence-electron chi connectivity index (χ2n) is 5.13. The van der Waals surface area contributed by atoms with Crippen molar-refractivity contribution in [3.8, 4) is 5.75 Å². The summed E-state index contributed by atoms with van der Waals surface area (Å²) >= 11 is 0. The van der Waals surface area contributed by atoms with Crippen LogP contribution in [0.5, 0.6) is 5.75 Å². The zero-order valence-corrected chi connectivity index (χ0v) is 11.2. The first-order valence-corrected chi connectivity index (χ1v) is 6.70. The highest BCUT2D eigenvalue weighted by Crippen LogP contribution is 2.28. The summed E-state index contributed by atoms with van der Waals surface area (Å²) < 4.78 is 2.14. The van der Waals surface area contributed by atoms with Crippen LogP contribution in [0.4, 0.5) is 0 Å². The summed E-state index contributed by atoms with van der Waals surface area (Å²) in [4.78, 5) is 0. The summed E-state index contributed by atoms with van der Waals surface area (Å²) in [6, 6.07) is 18.3. The van der Waals surface area contributed by atoms with Crippen molar-refractivity contribution in [1.29, 1.82) is 0 Å². The number of aromatic hydroxyl groups is 1. The minimum absolute atomic E-state index is 0.336. The Hall–Kier alpha value is -2.61. The maximum Gasteiger partial charge on any atom is 0.219 e. The number of phenols is 1. The Morgan fingerprint density at radius 3 is 2.60 bits per heavy atom. The van der Waals surface area contributed by atoms with E-state index < -0.39 is 0 Å². The van der Waals surface area contributed by atoms with Crippen LogP contribution in [0, 0.1) is 6.92 Å². The number of hydrogen-bond donors (Lipinski definition) is 1. The minimum Gasteiger partial charge on any atom is -0.507 e. The summed E-state index contributed by atoms with van der Waals surface area (Å²) in [6.45, 7) is 2.05. The molecule has 0 aliphatic carbocycles. The van der Waals surface area contributed by atoms with Gasteiger partial charge in [-0.1, -0.05) is 30.3 Å². The van der Waals surface area contributed by atoms with Gasteiger partial charge >= 0.3 is 0 Å². The highest BCUT2D eigenvalue weighted by Gasteiger charge is 2.16. The van der Waals surface area contributed by atoms with Crippen LogP contribution < -0.4 is 4.40 Å². The van der Waals surface area contributed by atoms with Gasteiger partial charge in [-0.3, -0.25) is 0 Å². The molecule has 0 amide bonds. The molecule has 96 valence electrons. The lowest BCUT2D eigenvalue weighted by molar-refractivity contribution is -0.516. The Morgan fingerprint density at radius 2 is 1.70 bits per heavy atom. The molecule has 0 aliphatic heterocycles. The van der Waals surface area contributed by atoms with E-state index >= 15 is 0 Å². The van der Waals surface area contributed by atoms with Gasteiger partial charge in [-0.15, -0.1) is 0 Å². The molecule has 0 aliphatic rings. The van der Waals surface area contributed by atoms with Gasteiger partial charge in [0.2, 0.25) is 5.52 Å². The number of hydrogen-bond acceptors (Lipinski definition) is 1. The number of fused-ring (bicyclic) bond motifs is 4. The number of benzene rings is 2. The predicted molar refractivity (Wildman–Crippen MR) is 81.0 cm³/mol. The lowest BCUT2D eigenvalue weighted by atomic mass is 10.0. The third-order valence-corrected chi connectivity index (χ3v) is 3.99. The second kappa shape index (κ2) is 3.94. The Morgan fingerprint density at radius 1 is 0.900 bits per heavy atom. The molecule has 1 N–H and O–H groups in total. The Kier molecular flexibility index (Phi) is 2.21. The average Bonchev–Trinajstić information content (AvgIpc) is 2.47. The van der Waals surface area contributed by atoms with E-state index in [2.05, 4.69) is 47.0 Å². The fourth-order valence-corrected chi connectivity index (χ4v) is 3.02. The van der Waals surface area contributed by atoms with Crippen molar-refractivity contribution in [2.24, 2.45) is 0 Å². The standard InChI is InChI=1S/C18H13NO/c1-12-18-14(6-4-8-17(18)20)11-16-15-7-3-2-5-13(15)9-10-19(12)16/h2-11H,1H3/p+1. The van der Waals surface area contributed by atoms with Gasteiger partial charge in [0.25, 0.3) is 0 Å². The number of aromatic nitrogens is 1. The smallest absolute Gasteiger partial charge is 0.219 e. The number of phenolic OH excluding ortho intramolecular Hbond substituents is 1. The van der Waals surface area contributed by atoms with Crippen LogP contribution >= 0.6 is 0 Å². The van der Waals surface area contributed by atoms with Gasteiger partial charge in [-0.2, -0.15) is 4.40 Å². The summed E-state index contributed by atoms with van der Waals surface area (Å²) in [5, 5.41) is 14.6. The zero-order valence-electron chi connectivity index (χ0n) is 11.2. The Balaban J connectivity index is 2.32. The minimum atomic E-state index is 0.336. The molecular weight excluding hydrogens is 246 g/mol. The number of pyridine rings is 2. The molecule has 4 rings (SSSR count). The molecule has 0 fully saturated rings. The highest BCUT2D eigenvalue weighted by atomic mass is 16.3. The predicted octanol–water partition coefficient (Wildman–Crippen LogP) is 3.75. The largest absolute Gasteiger partial charge is 0.507 e. The van der Waals surface area contributed by atoms with Crippen LogP contribution in [-0.2, 0) is 0 Å². The number of aryl methyl sites for hydroxylation is 1. The van der Waals surface area contributed by atoms with Gasteiger partial charge in [0.15, 0.2) is 11.9 Å². The first kappa shape index (κ1) is 11.2. The summed E-state index contributed by atoms with van der Waals surface area (Å²) in [6.07, 6.45) is 2.07. The zero-order chi connectivity index (χ0) is 13.7. The lowest BCUT2D eigenvalue weighted by Crippen LogP contribution is -2.25. The first-order valence-electron chi connectivity index (χ1n) is 6.70. The highest BCUT2D eigenvalue weighted by molar-refractivity contribution is 5.99. The molecule has 2 aromatic carbocycles. The number of nitrogens with zero attached hydrogens (tertiary/aromatic N) is 1. The second-order valence-corrected chi connectivity index (χ2v) is 5.13. The van der Waals surface area contributed by atoms with Crippen LogP contribution in [0.3, 0.4) is 0 Å². The molecule has 0 radical (unpaired) electrons. The SMILES string of the molecule is Cc1c2c(O)cccc2cc2c3ccccc3cc[n+]12. The molecule has 0 spiro atoms. The van der Waals surface area contributed by atoms with Gasteiger partial charge in [-0.25, -0.2) is 0 Å². The topological polar surface area (TPSA) is 24.3 Å². The monoisotopic (exact) mass is 260 g/mol. The van der Waals surface area contributed by atoms with Crippen molar-refractivity contribution in [2.75, 3.05) is 0 Å². The molecule has 0 atom stereocenters. The molecule has 0 bridgehead atoms. The van der Waals surface area contributed by atoms with Gasteiger partial charge < -0.3 is 5.11 Å². The molecule has 2 aromatic heterocycles. The van der Waals surface area contributed by atoms with Gasteiger partial charge in [-0.05, 0) is 22.9 Å². The molecule has 4 aromatic rings. The van der Waals surface area contributed by atoms with Gasteiger partial charge in [0.1, 0.15) is 5.75 Å². The van der Waals surface area contributed by atoms with E-state index in [1.807, 2.05) is 19.1 Å². The molecule has 2 nitrogen and oxygen atoms in total. The Bertz CT molecular complexity index is 973. The average molecular weight is 260 g/mol. The molecule has 0 unspecified atom stereocenters. The molecule has 0 saturated carbocycles. The van der Waals surface area contributed by atoms with Crippen LogP contribution in [-0.4, -0.2) is 5.11 Å². The van der Waals surface area contributed by atoms with Crippen molar-refractivity contribution < 1.29 is 9.51 Å². The van der Waals surface area contributed by atoms with Crippen molar-refractivity contribution >= 4 is 27.1 Å². The van der Waals surface area contributed by atoms with E-state index in [0.29, 0.717) is 5.75 Å². The van der Waals surface area contributed by atoms with Crippen molar-refractivity contribution in [1.82, 2.24) is 0 Å². The lowest BCUT2D eigenvalue weighted by Gasteiger charge is -2.05. The molecule has 0 saturated heterocycles. The van der Waals surface area contributed by atoms with Gasteiger partial charge in [0.05, 0.1) is 10.8 Å². The quantitative estimate of drug-likeness (QED) is 0.291. The third-order valence-electron chi connectivity index (χ3n) is 3.99. The van der Waals surface area contributed by atoms with E-state index in [-0.39, 0.29) is 0 Å². The van der Waals surface area contributed by atoms with Crippen molar-refractivity contribution in [2.45, 2.75) is 6.92 Å². The van der Waals surface area contributed by atoms with Crippen LogP contribution in [0.1, 0.15) is 5.69 Å². The van der Waals surface area contributed by atoms with Gasteiger partial charge in [0, 0.05) is 19.1 Å². The summed E-state index contributed by atoms with van der Waals surface area (Å²) in [5.41, 5.74) is 2.22. The molecule has 20 heavy (non-hydrogen) atoms. The van der Waals surface area contributed by atoms with E-state index in [9.17, 15) is 5.11 Å². The summed E-state index contributed by atoms with van der Waals surface area (Å²) in [5.74, 6) is 0.336.